The zero-order valence-electron chi connectivity index (χ0n) is 33.0. The Kier molecular flexibility index (Phi) is 10.9. The van der Waals surface area contributed by atoms with Crippen molar-refractivity contribution in [2.24, 2.45) is 0 Å². The van der Waals surface area contributed by atoms with Crippen LogP contribution < -0.4 is 9.80 Å². The van der Waals surface area contributed by atoms with Crippen molar-refractivity contribution in [2.75, 3.05) is 9.80 Å². The SMILES string of the molecule is CC(C)(c1cc(N(c2ccccc2)c2ccccc2)cc(-c2cccc(C(F)(F)F)c2)n1)c1cc(N(c2ccccc2)c2ccccc2)cc(-c2cccc(C(F)(F)F)c2)n1. The molecule has 0 spiro atoms. The average molecular weight is 821 g/mol. The molecule has 0 saturated heterocycles. The van der Waals surface area contributed by atoms with E-state index in [0.717, 1.165) is 47.0 Å². The van der Waals surface area contributed by atoms with Crippen LogP contribution in [0, 0.1) is 0 Å². The fourth-order valence-electron chi connectivity index (χ4n) is 7.27. The number of hydrogen-bond donors (Lipinski definition) is 0. The highest BCUT2D eigenvalue weighted by atomic mass is 19.4. The fourth-order valence-corrected chi connectivity index (χ4v) is 7.27. The van der Waals surface area contributed by atoms with Gasteiger partial charge in [0.15, 0.2) is 0 Å². The summed E-state index contributed by atoms with van der Waals surface area (Å²) >= 11 is 0. The van der Waals surface area contributed by atoms with E-state index in [0.29, 0.717) is 22.8 Å². The predicted octanol–water partition coefficient (Wildman–Crippen LogP) is 15.1. The third-order valence-electron chi connectivity index (χ3n) is 10.4. The van der Waals surface area contributed by atoms with E-state index in [2.05, 4.69) is 0 Å². The molecule has 0 saturated carbocycles. The normalized spacial score (nSPS) is 11.9. The number of anilines is 6. The molecule has 0 radical (unpaired) electrons. The van der Waals surface area contributed by atoms with E-state index in [4.69, 9.17) is 9.97 Å². The van der Waals surface area contributed by atoms with Crippen LogP contribution >= 0.6 is 0 Å². The Morgan fingerprint density at radius 2 is 0.656 bits per heavy atom. The van der Waals surface area contributed by atoms with Gasteiger partial charge in [-0.05, 0) is 111 Å². The standard InChI is InChI=1S/C51H38F6N4/c1-49(2,47-33-43(31-45(58-47)35-17-15-19-37(29-35)50(52,53)54)60(39-21-7-3-8-22-39)40-23-9-4-10-24-40)48-34-44(32-46(59-48)36-18-16-20-38(30-36)51(55,56)57)61(41-25-11-5-12-26-41)42-27-13-6-14-28-42/h3-34H,1-2H3. The summed E-state index contributed by atoms with van der Waals surface area (Å²) in [6, 6.07) is 55.8. The van der Waals surface area contributed by atoms with E-state index in [9.17, 15) is 26.3 Å². The first-order chi connectivity index (χ1) is 29.3. The van der Waals surface area contributed by atoms with Crippen molar-refractivity contribution in [2.45, 2.75) is 31.6 Å². The highest BCUT2D eigenvalue weighted by molar-refractivity contribution is 5.81. The maximum atomic E-state index is 14.1. The van der Waals surface area contributed by atoms with Crippen LogP contribution in [0.25, 0.3) is 22.5 Å². The molecule has 61 heavy (non-hydrogen) atoms. The lowest BCUT2D eigenvalue weighted by atomic mass is 9.83. The number of rotatable bonds is 10. The molecule has 0 amide bonds. The van der Waals surface area contributed by atoms with Gasteiger partial charge in [-0.2, -0.15) is 26.3 Å². The minimum Gasteiger partial charge on any atom is -0.310 e. The highest BCUT2D eigenvalue weighted by Gasteiger charge is 2.34. The van der Waals surface area contributed by atoms with E-state index in [1.54, 1.807) is 24.3 Å². The van der Waals surface area contributed by atoms with Gasteiger partial charge in [0.25, 0.3) is 0 Å². The molecule has 304 valence electrons. The smallest absolute Gasteiger partial charge is 0.310 e. The molecule has 8 aromatic rings. The molecule has 2 heterocycles. The van der Waals surface area contributed by atoms with Crippen LogP contribution in [0.5, 0.6) is 0 Å². The van der Waals surface area contributed by atoms with Crippen molar-refractivity contribution in [3.63, 3.8) is 0 Å². The molecular formula is C51H38F6N4. The number of para-hydroxylation sites is 4. The first-order valence-corrected chi connectivity index (χ1v) is 19.5. The Morgan fingerprint density at radius 3 is 0.951 bits per heavy atom. The lowest BCUT2D eigenvalue weighted by Crippen LogP contribution is -2.24. The summed E-state index contributed by atoms with van der Waals surface area (Å²) in [6.07, 6.45) is -9.19. The second-order valence-corrected chi connectivity index (χ2v) is 15.0. The van der Waals surface area contributed by atoms with Gasteiger partial charge >= 0.3 is 12.4 Å². The molecule has 10 heteroatoms. The van der Waals surface area contributed by atoms with Crippen molar-refractivity contribution < 1.29 is 26.3 Å². The molecule has 6 aromatic carbocycles. The summed E-state index contributed by atoms with van der Waals surface area (Å²) in [5.41, 5.74) is 3.68. The fraction of sp³-hybridized carbons (Fsp3) is 0.0980. The van der Waals surface area contributed by atoms with Crippen LogP contribution in [0.2, 0.25) is 0 Å². The molecular weight excluding hydrogens is 783 g/mol. The van der Waals surface area contributed by atoms with Gasteiger partial charge in [-0.3, -0.25) is 9.97 Å². The number of pyridine rings is 2. The van der Waals surface area contributed by atoms with E-state index in [1.165, 1.54) is 12.1 Å². The number of aromatic nitrogens is 2. The lowest BCUT2D eigenvalue weighted by Gasteiger charge is -2.31. The van der Waals surface area contributed by atoms with E-state index < -0.39 is 28.9 Å². The maximum absolute atomic E-state index is 14.1. The topological polar surface area (TPSA) is 32.3 Å². The number of alkyl halides is 6. The van der Waals surface area contributed by atoms with Crippen LogP contribution in [-0.4, -0.2) is 9.97 Å². The Balaban J connectivity index is 1.39. The molecule has 0 fully saturated rings. The van der Waals surface area contributed by atoms with Crippen LogP contribution in [0.15, 0.2) is 194 Å². The summed E-state index contributed by atoms with van der Waals surface area (Å²) in [4.78, 5) is 14.2. The second kappa shape index (κ2) is 16.5. The molecule has 0 aliphatic heterocycles. The maximum Gasteiger partial charge on any atom is 0.416 e. The van der Waals surface area contributed by atoms with E-state index in [-0.39, 0.29) is 22.5 Å². The monoisotopic (exact) mass is 820 g/mol. The zero-order valence-corrected chi connectivity index (χ0v) is 33.0. The Bertz CT molecular complexity index is 2490. The van der Waals surface area contributed by atoms with Gasteiger partial charge in [0.1, 0.15) is 0 Å². The highest BCUT2D eigenvalue weighted by Crippen LogP contribution is 2.44. The van der Waals surface area contributed by atoms with E-state index in [1.807, 2.05) is 157 Å². The van der Waals surface area contributed by atoms with Crippen molar-refractivity contribution in [1.82, 2.24) is 9.97 Å². The molecule has 2 aromatic heterocycles. The third-order valence-corrected chi connectivity index (χ3v) is 10.4. The van der Waals surface area contributed by atoms with Crippen LogP contribution in [-0.2, 0) is 17.8 Å². The Morgan fingerprint density at radius 1 is 0.344 bits per heavy atom. The van der Waals surface area contributed by atoms with Crippen molar-refractivity contribution in [3.05, 3.63) is 217 Å². The molecule has 0 aliphatic carbocycles. The van der Waals surface area contributed by atoms with Crippen LogP contribution in [0.1, 0.15) is 36.4 Å². The Hall–Kier alpha value is -7.20. The number of nitrogens with zero attached hydrogens (tertiary/aromatic N) is 4. The van der Waals surface area contributed by atoms with E-state index >= 15 is 0 Å². The molecule has 0 unspecified atom stereocenters. The minimum absolute atomic E-state index is 0.250. The quantitative estimate of drug-likeness (QED) is 0.129. The summed E-state index contributed by atoms with van der Waals surface area (Å²) in [5, 5.41) is 0. The van der Waals surface area contributed by atoms with Crippen molar-refractivity contribution in [3.8, 4) is 22.5 Å². The molecule has 4 nitrogen and oxygen atoms in total. The molecule has 0 N–H and O–H groups in total. The zero-order chi connectivity index (χ0) is 42.8. The Labute approximate surface area is 350 Å². The van der Waals surface area contributed by atoms with Gasteiger partial charge in [0.05, 0.1) is 45.3 Å². The third kappa shape index (κ3) is 8.75. The summed E-state index contributed by atoms with van der Waals surface area (Å²) < 4.78 is 84.8. The van der Waals surface area contributed by atoms with Crippen molar-refractivity contribution in [1.29, 1.82) is 0 Å². The lowest BCUT2D eigenvalue weighted by molar-refractivity contribution is -0.138. The summed E-state index contributed by atoms with van der Waals surface area (Å²) in [6.45, 7) is 3.81. The largest absolute Gasteiger partial charge is 0.416 e. The van der Waals surface area contributed by atoms with Gasteiger partial charge < -0.3 is 9.80 Å². The van der Waals surface area contributed by atoms with Gasteiger partial charge in [0, 0.05) is 39.3 Å². The first-order valence-electron chi connectivity index (χ1n) is 19.5. The summed E-state index contributed by atoms with van der Waals surface area (Å²) in [5.74, 6) is 0. The van der Waals surface area contributed by atoms with Gasteiger partial charge in [-0.25, -0.2) is 0 Å². The van der Waals surface area contributed by atoms with Gasteiger partial charge in [-0.15, -0.1) is 0 Å². The van der Waals surface area contributed by atoms with Gasteiger partial charge in [-0.1, -0.05) is 97.1 Å². The number of hydrogen-bond acceptors (Lipinski definition) is 4. The molecule has 0 aliphatic rings. The predicted molar refractivity (Wildman–Crippen MR) is 231 cm³/mol. The van der Waals surface area contributed by atoms with Gasteiger partial charge in [0.2, 0.25) is 0 Å². The summed E-state index contributed by atoms with van der Waals surface area (Å²) in [7, 11) is 0. The van der Waals surface area contributed by atoms with Crippen molar-refractivity contribution >= 4 is 34.1 Å². The first kappa shape index (κ1) is 40.6. The molecule has 0 atom stereocenters. The number of benzene rings is 6. The molecule has 0 bridgehead atoms. The molecule has 8 rings (SSSR count). The average Bonchev–Trinajstić information content (AvgIpc) is 3.27. The minimum atomic E-state index is -4.59. The van der Waals surface area contributed by atoms with Crippen LogP contribution in [0.3, 0.4) is 0 Å². The van der Waals surface area contributed by atoms with Crippen LogP contribution in [0.4, 0.5) is 60.5 Å². The second-order valence-electron chi connectivity index (χ2n) is 15.0. The number of halogens is 6.